The van der Waals surface area contributed by atoms with Crippen molar-refractivity contribution in [2.75, 3.05) is 0 Å². The van der Waals surface area contributed by atoms with Crippen LogP contribution < -0.4 is 99.1 Å². The molecule has 0 saturated carbocycles. The molecule has 0 radical (unpaired) electrons. The zero-order chi connectivity index (χ0) is 39.3. The van der Waals surface area contributed by atoms with E-state index in [1.54, 1.807) is 32.9 Å². The van der Waals surface area contributed by atoms with E-state index in [0.717, 1.165) is 18.2 Å². The van der Waals surface area contributed by atoms with Gasteiger partial charge >= 0.3 is 88.7 Å². The molecular weight excluding hydrogens is 834 g/mol. The first-order valence-electron chi connectivity index (χ1n) is 15.5. The summed E-state index contributed by atoms with van der Waals surface area (Å²) in [7, 11) is -20.3. The minimum atomic E-state index is -5.30. The van der Waals surface area contributed by atoms with Crippen molar-refractivity contribution in [2.24, 2.45) is 0 Å². The normalized spacial score (nSPS) is 11.8. The maximum atomic E-state index is 12.7. The second-order valence-electron chi connectivity index (χ2n) is 12.5. The Labute approximate surface area is 393 Å². The fourth-order valence-electron chi connectivity index (χ4n) is 6.30. The van der Waals surface area contributed by atoms with E-state index in [1.165, 1.54) is 73.7 Å². The molecule has 0 aliphatic carbocycles. The Morgan fingerprint density at radius 3 is 1.57 bits per heavy atom. The summed E-state index contributed by atoms with van der Waals surface area (Å²) in [6.45, 7) is 6.39. The summed E-state index contributed by atoms with van der Waals surface area (Å²) in [6, 6.07) is 20.5. The third kappa shape index (κ3) is 11.8. The molecule has 56 heavy (non-hydrogen) atoms. The molecule has 0 amide bonds. The quantitative estimate of drug-likeness (QED) is 0.0998. The van der Waals surface area contributed by atoms with Crippen LogP contribution in [-0.2, 0) is 46.9 Å². The van der Waals surface area contributed by atoms with Crippen molar-refractivity contribution in [3.63, 3.8) is 0 Å². The molecule has 19 heteroatoms. The molecule has 0 atom stereocenters. The Balaban J connectivity index is 0.00000361. The van der Waals surface area contributed by atoms with Crippen LogP contribution in [0.3, 0.4) is 0 Å². The molecule has 0 N–H and O–H groups in total. The molecule has 0 aliphatic rings. The fourth-order valence-corrected chi connectivity index (χ4v) is 9.40. The average molecular weight is 864 g/mol. The van der Waals surface area contributed by atoms with Crippen LogP contribution >= 0.6 is 0 Å². The molecule has 0 heterocycles. The molecule has 0 fully saturated rings. The zero-order valence-electron chi connectivity index (χ0n) is 31.5. The summed E-state index contributed by atoms with van der Waals surface area (Å²) in [5, 5.41) is 0.664. The van der Waals surface area contributed by atoms with Gasteiger partial charge in [0, 0.05) is 12.0 Å². The second kappa shape index (κ2) is 19.2. The minimum absolute atomic E-state index is 0. The van der Waals surface area contributed by atoms with Crippen molar-refractivity contribution in [2.45, 2.75) is 53.7 Å². The molecule has 0 spiro atoms. The van der Waals surface area contributed by atoms with Gasteiger partial charge in [-0.05, 0) is 119 Å². The predicted molar refractivity (Wildman–Crippen MR) is 190 cm³/mol. The molecule has 0 unspecified atom stereocenters. The summed E-state index contributed by atoms with van der Waals surface area (Å²) in [5.74, 6) is 0. The van der Waals surface area contributed by atoms with Crippen molar-refractivity contribution in [1.29, 1.82) is 0 Å². The first-order chi connectivity index (χ1) is 24.4. The SMILES string of the molecule is Cc1cc(C)c(C=c2ccc(=C(c3ccc(Cc4c(C)cc(C)cc4S(=O)(=O)[O-])c(S(=O)(=O)[O-])c3)c3ccccc3S(=O)(=O)[O-])cc2)c(S(=O)(=O)[O-])c1.[Na+].[Na+].[Na+]. The van der Waals surface area contributed by atoms with Crippen LogP contribution in [0.1, 0.15) is 50.1 Å². The number of benzene rings is 5. The van der Waals surface area contributed by atoms with Gasteiger partial charge in [-0.15, -0.1) is 0 Å². The van der Waals surface area contributed by atoms with Crippen LogP contribution in [0.5, 0.6) is 0 Å². The molecule has 0 aromatic heterocycles. The van der Waals surface area contributed by atoms with Crippen molar-refractivity contribution in [1.82, 2.24) is 0 Å². The summed E-state index contributed by atoms with van der Waals surface area (Å²) >= 11 is 0. The third-order valence-corrected chi connectivity index (χ3v) is 12.1. The zero-order valence-corrected chi connectivity index (χ0v) is 40.7. The van der Waals surface area contributed by atoms with E-state index in [4.69, 9.17) is 0 Å². The molecule has 5 aromatic carbocycles. The van der Waals surface area contributed by atoms with Gasteiger partial charge in [0.1, 0.15) is 40.5 Å². The summed E-state index contributed by atoms with van der Waals surface area (Å²) in [5.41, 5.74) is 1.76. The van der Waals surface area contributed by atoms with Gasteiger partial charge < -0.3 is 18.2 Å². The number of aryl methyl sites for hydroxylation is 4. The van der Waals surface area contributed by atoms with Gasteiger partial charge in [-0.3, -0.25) is 0 Å². The van der Waals surface area contributed by atoms with Gasteiger partial charge in [-0.2, -0.15) is 0 Å². The van der Waals surface area contributed by atoms with E-state index in [0.29, 0.717) is 27.5 Å². The average Bonchev–Trinajstić information content (AvgIpc) is 3.03. The smallest absolute Gasteiger partial charge is 0.744 e. The largest absolute Gasteiger partial charge is 1.00 e. The molecule has 0 saturated heterocycles. The van der Waals surface area contributed by atoms with E-state index in [1.807, 2.05) is 0 Å². The first kappa shape index (κ1) is 50.6. The first-order valence-corrected chi connectivity index (χ1v) is 21.2. The predicted octanol–water partition coefficient (Wildman–Crippen LogP) is -5.78. The maximum absolute atomic E-state index is 12.7. The van der Waals surface area contributed by atoms with Crippen molar-refractivity contribution < 1.29 is 141 Å². The Morgan fingerprint density at radius 2 is 1.04 bits per heavy atom. The van der Waals surface area contributed by atoms with Crippen LogP contribution in [0, 0.1) is 27.7 Å². The number of hydrogen-bond acceptors (Lipinski definition) is 12. The minimum Gasteiger partial charge on any atom is -0.744 e. The van der Waals surface area contributed by atoms with E-state index < -0.39 is 66.5 Å². The molecule has 278 valence electrons. The maximum Gasteiger partial charge on any atom is 1.00 e. The molecule has 0 aliphatic heterocycles. The molecule has 12 nitrogen and oxygen atoms in total. The molecule has 5 rings (SSSR count). The van der Waals surface area contributed by atoms with Gasteiger partial charge in [0.05, 0.1) is 19.6 Å². The second-order valence-corrected chi connectivity index (χ2v) is 17.9. The Hall–Kier alpha value is -1.52. The van der Waals surface area contributed by atoms with Gasteiger partial charge in [-0.25, -0.2) is 33.7 Å². The summed E-state index contributed by atoms with van der Waals surface area (Å²) < 4.78 is 148. The van der Waals surface area contributed by atoms with Crippen molar-refractivity contribution in [3.05, 3.63) is 152 Å². The Kier molecular flexibility index (Phi) is 17.4. The topological polar surface area (TPSA) is 229 Å². The monoisotopic (exact) mass is 863 g/mol. The van der Waals surface area contributed by atoms with Gasteiger partial charge in [0.25, 0.3) is 0 Å². The standard InChI is InChI=1S/C37H34O12S4.3Na/c1-22-15-24(3)31(35(17-22)52(44,45)46)19-26-9-11-27(12-10-26)37(30-7-5-6-8-33(30)50(38,39)40)29-14-13-28(34(21-29)51(41,42)43)20-32-25(4)16-23(2)18-36(32)53(47,48)49;;;/h5-19,21H,20H2,1-4H3,(H,38,39,40)(H,41,42,43)(H,44,45,46)(H,47,48,49);;;/q;3*+1/p-4. The van der Waals surface area contributed by atoms with E-state index in [9.17, 15) is 51.9 Å². The van der Waals surface area contributed by atoms with E-state index in [-0.39, 0.29) is 127 Å². The number of hydrogen-bond donors (Lipinski definition) is 0. The molecule has 5 aromatic rings. The molecule has 0 bridgehead atoms. The third-order valence-electron chi connectivity index (χ3n) is 8.54. The Bertz CT molecular complexity index is 2890. The van der Waals surface area contributed by atoms with E-state index >= 15 is 0 Å². The summed E-state index contributed by atoms with van der Waals surface area (Å²) in [6.07, 6.45) is 1.03. The van der Waals surface area contributed by atoms with Crippen LogP contribution in [0.25, 0.3) is 11.6 Å². The van der Waals surface area contributed by atoms with Crippen LogP contribution in [-0.4, -0.2) is 51.9 Å². The van der Waals surface area contributed by atoms with Crippen LogP contribution in [0.4, 0.5) is 0 Å². The van der Waals surface area contributed by atoms with Crippen molar-refractivity contribution >= 4 is 52.1 Å². The van der Waals surface area contributed by atoms with E-state index in [2.05, 4.69) is 0 Å². The number of rotatable bonds is 9. The van der Waals surface area contributed by atoms with Gasteiger partial charge in [0.2, 0.25) is 0 Å². The van der Waals surface area contributed by atoms with Crippen molar-refractivity contribution in [3.8, 4) is 0 Å². The van der Waals surface area contributed by atoms with Crippen LogP contribution in [0.2, 0.25) is 0 Å². The Morgan fingerprint density at radius 1 is 0.536 bits per heavy atom. The van der Waals surface area contributed by atoms with Gasteiger partial charge in [0.15, 0.2) is 0 Å². The van der Waals surface area contributed by atoms with Crippen LogP contribution in [0.15, 0.2) is 111 Å². The fraction of sp³-hybridized carbons (Fsp3) is 0.135. The van der Waals surface area contributed by atoms with Gasteiger partial charge in [-0.1, -0.05) is 66.7 Å². The molecular formula is C37H30Na3O12S4-. The summed E-state index contributed by atoms with van der Waals surface area (Å²) in [4.78, 5) is -2.43.